The molecule has 2 heterocycles. The van der Waals surface area contributed by atoms with Gasteiger partial charge in [0, 0.05) is 11.8 Å². The van der Waals surface area contributed by atoms with Crippen LogP contribution in [0.4, 0.5) is 0 Å². The molecule has 0 fully saturated rings. The fourth-order valence-electron chi connectivity index (χ4n) is 3.73. The van der Waals surface area contributed by atoms with E-state index in [1.165, 1.54) is 0 Å². The van der Waals surface area contributed by atoms with Gasteiger partial charge in [0.05, 0.1) is 11.8 Å². The molecule has 1 aliphatic heterocycles. The van der Waals surface area contributed by atoms with Crippen LogP contribution in [0.2, 0.25) is 0 Å². The van der Waals surface area contributed by atoms with Crippen molar-refractivity contribution in [1.82, 2.24) is 4.57 Å². The smallest absolute Gasteiger partial charge is 0.251 e. The van der Waals surface area contributed by atoms with Crippen LogP contribution in [-0.2, 0) is 12.8 Å². The van der Waals surface area contributed by atoms with Gasteiger partial charge in [-0.2, -0.15) is 0 Å². The van der Waals surface area contributed by atoms with Gasteiger partial charge in [-0.3, -0.25) is 4.79 Å². The summed E-state index contributed by atoms with van der Waals surface area (Å²) in [5.41, 5.74) is 5.02. The first-order chi connectivity index (χ1) is 12.8. The topological polar surface area (TPSA) is 54.6 Å². The summed E-state index contributed by atoms with van der Waals surface area (Å²) in [5.74, 6) is 0. The molecule has 1 N–H and O–H groups in total. The van der Waals surface area contributed by atoms with Crippen molar-refractivity contribution in [3.8, 4) is 11.1 Å². The molecular formula is C22H20N2O2. The number of fused-ring (bicyclic) bond motifs is 1. The standard InChI is InChI=1S/C22H20N2O2/c25-22-11-5-10-19-12-13-20(23-26)21(24(19)22)15-16-6-4-9-18(14-16)17-7-2-1-3-8-17/h1-11,14,21,26H,12-13,15H2/b23-20+. The number of nitrogens with zero attached hydrogens (tertiary/aromatic N) is 2. The summed E-state index contributed by atoms with van der Waals surface area (Å²) in [4.78, 5) is 12.4. The van der Waals surface area contributed by atoms with Gasteiger partial charge in [0.25, 0.3) is 5.56 Å². The maximum absolute atomic E-state index is 12.4. The Kier molecular flexibility index (Phi) is 4.40. The van der Waals surface area contributed by atoms with Gasteiger partial charge in [0.15, 0.2) is 0 Å². The van der Waals surface area contributed by atoms with Crippen LogP contribution >= 0.6 is 0 Å². The molecule has 3 aromatic rings. The summed E-state index contributed by atoms with van der Waals surface area (Å²) < 4.78 is 1.77. The summed E-state index contributed by atoms with van der Waals surface area (Å²) in [6.45, 7) is 0. The van der Waals surface area contributed by atoms with Gasteiger partial charge in [-0.15, -0.1) is 0 Å². The van der Waals surface area contributed by atoms with E-state index in [0.29, 0.717) is 18.6 Å². The van der Waals surface area contributed by atoms with E-state index in [1.807, 2.05) is 30.3 Å². The molecule has 4 rings (SSSR count). The van der Waals surface area contributed by atoms with E-state index in [-0.39, 0.29) is 11.6 Å². The lowest BCUT2D eigenvalue weighted by Crippen LogP contribution is -2.37. The van der Waals surface area contributed by atoms with Crippen LogP contribution < -0.4 is 5.56 Å². The Balaban J connectivity index is 1.72. The van der Waals surface area contributed by atoms with E-state index >= 15 is 0 Å². The Labute approximate surface area is 152 Å². The molecule has 1 unspecified atom stereocenters. The molecule has 0 saturated heterocycles. The van der Waals surface area contributed by atoms with Gasteiger partial charge in [-0.25, -0.2) is 0 Å². The molecule has 26 heavy (non-hydrogen) atoms. The molecule has 0 saturated carbocycles. The minimum absolute atomic E-state index is 0.0486. The maximum atomic E-state index is 12.4. The second-order valence-corrected chi connectivity index (χ2v) is 6.60. The van der Waals surface area contributed by atoms with E-state index < -0.39 is 0 Å². The molecule has 0 spiro atoms. The van der Waals surface area contributed by atoms with Crippen LogP contribution in [0.3, 0.4) is 0 Å². The Morgan fingerprint density at radius 1 is 0.923 bits per heavy atom. The fraction of sp³-hybridized carbons (Fsp3) is 0.182. The Bertz CT molecular complexity index is 1010. The molecule has 1 aliphatic rings. The normalized spacial score (nSPS) is 17.8. The van der Waals surface area contributed by atoms with Crippen molar-refractivity contribution in [1.29, 1.82) is 0 Å². The van der Waals surface area contributed by atoms with Gasteiger partial charge in [0.2, 0.25) is 0 Å². The van der Waals surface area contributed by atoms with Gasteiger partial charge in [-0.1, -0.05) is 65.8 Å². The molecular weight excluding hydrogens is 324 g/mol. The lowest BCUT2D eigenvalue weighted by atomic mass is 9.92. The van der Waals surface area contributed by atoms with Crippen molar-refractivity contribution < 1.29 is 5.21 Å². The number of hydrogen-bond acceptors (Lipinski definition) is 3. The van der Waals surface area contributed by atoms with E-state index in [2.05, 4.69) is 35.5 Å². The summed E-state index contributed by atoms with van der Waals surface area (Å²) >= 11 is 0. The highest BCUT2D eigenvalue weighted by Gasteiger charge is 2.27. The number of benzene rings is 2. The number of aromatic nitrogens is 1. The molecule has 130 valence electrons. The molecule has 0 amide bonds. The molecule has 2 aromatic carbocycles. The molecule has 0 aliphatic carbocycles. The Morgan fingerprint density at radius 2 is 1.69 bits per heavy atom. The highest BCUT2D eigenvalue weighted by Crippen LogP contribution is 2.27. The zero-order chi connectivity index (χ0) is 17.9. The molecule has 4 nitrogen and oxygen atoms in total. The van der Waals surface area contributed by atoms with Gasteiger partial charge in [0.1, 0.15) is 0 Å². The van der Waals surface area contributed by atoms with Crippen molar-refractivity contribution in [3.63, 3.8) is 0 Å². The molecule has 0 bridgehead atoms. The number of oxime groups is 1. The third-order valence-electron chi connectivity index (χ3n) is 5.00. The first-order valence-electron chi connectivity index (χ1n) is 8.82. The van der Waals surface area contributed by atoms with Crippen LogP contribution in [0.1, 0.15) is 23.7 Å². The Hall–Kier alpha value is -3.14. The highest BCUT2D eigenvalue weighted by atomic mass is 16.4. The summed E-state index contributed by atoms with van der Waals surface area (Å²) in [6, 6.07) is 23.6. The monoisotopic (exact) mass is 344 g/mol. The average Bonchev–Trinajstić information content (AvgIpc) is 2.69. The van der Waals surface area contributed by atoms with Crippen molar-refractivity contribution in [2.24, 2.45) is 5.16 Å². The fourth-order valence-corrected chi connectivity index (χ4v) is 3.73. The van der Waals surface area contributed by atoms with Crippen LogP contribution in [0, 0.1) is 0 Å². The lowest BCUT2D eigenvalue weighted by molar-refractivity contribution is 0.310. The van der Waals surface area contributed by atoms with E-state index in [0.717, 1.165) is 28.8 Å². The van der Waals surface area contributed by atoms with Gasteiger partial charge in [-0.05, 0) is 42.0 Å². The third-order valence-corrected chi connectivity index (χ3v) is 5.00. The zero-order valence-electron chi connectivity index (χ0n) is 14.4. The van der Waals surface area contributed by atoms with Gasteiger partial charge < -0.3 is 9.77 Å². The first-order valence-corrected chi connectivity index (χ1v) is 8.82. The predicted octanol–water partition coefficient (Wildman–Crippen LogP) is 4.08. The van der Waals surface area contributed by atoms with Crippen LogP contribution in [-0.4, -0.2) is 15.5 Å². The number of pyridine rings is 1. The number of rotatable bonds is 3. The summed E-state index contributed by atoms with van der Waals surface area (Å²) in [5, 5.41) is 13.0. The van der Waals surface area contributed by atoms with Crippen LogP contribution in [0.5, 0.6) is 0 Å². The van der Waals surface area contributed by atoms with E-state index in [9.17, 15) is 10.0 Å². The number of hydrogen-bond donors (Lipinski definition) is 1. The van der Waals surface area contributed by atoms with E-state index in [4.69, 9.17) is 0 Å². The van der Waals surface area contributed by atoms with Crippen molar-refractivity contribution in [3.05, 3.63) is 94.4 Å². The van der Waals surface area contributed by atoms with Crippen molar-refractivity contribution in [2.75, 3.05) is 0 Å². The first kappa shape index (κ1) is 16.3. The second kappa shape index (κ2) is 7.00. The SMILES string of the molecule is O=c1cccc2n1C(Cc1cccc(-c3ccccc3)c1)/C(=N/O)CC2. The second-order valence-electron chi connectivity index (χ2n) is 6.60. The largest absolute Gasteiger partial charge is 0.411 e. The molecule has 1 aromatic heterocycles. The minimum Gasteiger partial charge on any atom is -0.411 e. The summed E-state index contributed by atoms with van der Waals surface area (Å²) in [7, 11) is 0. The minimum atomic E-state index is -0.247. The highest BCUT2D eigenvalue weighted by molar-refractivity contribution is 5.89. The summed E-state index contributed by atoms with van der Waals surface area (Å²) in [6.07, 6.45) is 2.01. The predicted molar refractivity (Wildman–Crippen MR) is 103 cm³/mol. The lowest BCUT2D eigenvalue weighted by Gasteiger charge is -2.28. The maximum Gasteiger partial charge on any atom is 0.251 e. The quantitative estimate of drug-likeness (QED) is 0.575. The Morgan fingerprint density at radius 3 is 2.50 bits per heavy atom. The number of aryl methyl sites for hydroxylation is 1. The zero-order valence-corrected chi connectivity index (χ0v) is 14.4. The molecule has 1 atom stereocenters. The molecule has 0 radical (unpaired) electrons. The molecule has 4 heteroatoms. The third kappa shape index (κ3) is 3.06. The van der Waals surface area contributed by atoms with Gasteiger partial charge >= 0.3 is 0 Å². The van der Waals surface area contributed by atoms with Crippen molar-refractivity contribution >= 4 is 5.71 Å². The van der Waals surface area contributed by atoms with Crippen LogP contribution in [0.15, 0.2) is 82.7 Å². The van der Waals surface area contributed by atoms with E-state index in [1.54, 1.807) is 16.7 Å². The van der Waals surface area contributed by atoms with Crippen molar-refractivity contribution in [2.45, 2.75) is 25.3 Å². The van der Waals surface area contributed by atoms with Crippen LogP contribution in [0.25, 0.3) is 11.1 Å². The average molecular weight is 344 g/mol.